The second-order valence-electron chi connectivity index (χ2n) is 11.2. The number of esters is 2. The van der Waals surface area contributed by atoms with Crippen molar-refractivity contribution in [3.8, 4) is 0 Å². The first kappa shape index (κ1) is 30.6. The number of amidine groups is 1. The number of thioether (sulfide) groups is 1. The van der Waals surface area contributed by atoms with Gasteiger partial charge in [-0.25, -0.2) is 9.79 Å². The van der Waals surface area contributed by atoms with E-state index in [1.165, 1.54) is 17.3 Å². The van der Waals surface area contributed by atoms with E-state index in [2.05, 4.69) is 38.1 Å². The SMILES string of the molecule is CCOC(=O)C1=C(c2ccccc2)N=C2SC=C(CC(=O)N3CCCC(C(=O)OCC)C3)N2C1c1ccc(C(C)C)cc1. The van der Waals surface area contributed by atoms with Gasteiger partial charge in [0.15, 0.2) is 5.17 Å². The number of fused-ring (bicyclic) bond motifs is 1. The fraction of sp³-hybridized carbons (Fsp3) is 0.412. The fourth-order valence-corrected chi connectivity index (χ4v) is 6.71. The number of ether oxygens (including phenoxy) is 2. The maximum absolute atomic E-state index is 13.7. The van der Waals surface area contributed by atoms with Crippen molar-refractivity contribution in [2.45, 2.75) is 58.9 Å². The van der Waals surface area contributed by atoms with Crippen molar-refractivity contribution in [3.63, 3.8) is 0 Å². The van der Waals surface area contributed by atoms with E-state index in [1.54, 1.807) is 18.7 Å². The quantitative estimate of drug-likeness (QED) is 0.313. The van der Waals surface area contributed by atoms with Crippen molar-refractivity contribution >= 4 is 40.5 Å². The zero-order valence-electron chi connectivity index (χ0n) is 25.2. The van der Waals surface area contributed by atoms with Crippen LogP contribution in [-0.4, -0.2) is 59.1 Å². The molecule has 0 saturated carbocycles. The highest BCUT2D eigenvalue weighted by Crippen LogP contribution is 2.47. The predicted molar refractivity (Wildman–Crippen MR) is 169 cm³/mol. The van der Waals surface area contributed by atoms with Crippen LogP contribution >= 0.6 is 11.8 Å². The van der Waals surface area contributed by atoms with Crippen molar-refractivity contribution in [3.05, 3.63) is 88.0 Å². The van der Waals surface area contributed by atoms with E-state index in [0.717, 1.165) is 23.2 Å². The lowest BCUT2D eigenvalue weighted by Crippen LogP contribution is -2.44. The van der Waals surface area contributed by atoms with Crippen LogP contribution in [0.25, 0.3) is 5.70 Å². The molecular formula is C34H39N3O5S. The van der Waals surface area contributed by atoms with Crippen molar-refractivity contribution in [2.75, 3.05) is 26.3 Å². The Morgan fingerprint density at radius 1 is 1.00 bits per heavy atom. The molecule has 2 atom stereocenters. The van der Waals surface area contributed by atoms with Crippen LogP contribution in [0.1, 0.15) is 75.6 Å². The van der Waals surface area contributed by atoms with Gasteiger partial charge in [-0.15, -0.1) is 0 Å². The molecule has 0 bridgehead atoms. The second kappa shape index (κ2) is 13.6. The highest BCUT2D eigenvalue weighted by Gasteiger charge is 2.43. The fourth-order valence-electron chi connectivity index (χ4n) is 5.79. The van der Waals surface area contributed by atoms with Gasteiger partial charge in [-0.05, 0) is 49.1 Å². The van der Waals surface area contributed by atoms with Crippen LogP contribution in [0, 0.1) is 5.92 Å². The van der Waals surface area contributed by atoms with Gasteiger partial charge in [0.25, 0.3) is 0 Å². The number of piperidine rings is 1. The molecule has 2 aromatic rings. The average Bonchev–Trinajstić information content (AvgIpc) is 3.43. The summed E-state index contributed by atoms with van der Waals surface area (Å²) < 4.78 is 10.9. The Morgan fingerprint density at radius 3 is 2.40 bits per heavy atom. The zero-order chi connectivity index (χ0) is 30.5. The Morgan fingerprint density at radius 2 is 1.72 bits per heavy atom. The molecule has 9 heteroatoms. The molecule has 2 unspecified atom stereocenters. The molecule has 5 rings (SSSR count). The third-order valence-corrected chi connectivity index (χ3v) is 8.89. The Bertz CT molecular complexity index is 1450. The smallest absolute Gasteiger partial charge is 0.338 e. The molecule has 0 N–H and O–H groups in total. The van der Waals surface area contributed by atoms with Crippen LogP contribution in [-0.2, 0) is 23.9 Å². The topological polar surface area (TPSA) is 88.5 Å². The van der Waals surface area contributed by atoms with Crippen LogP contribution in [0.15, 0.2) is 76.3 Å². The van der Waals surface area contributed by atoms with Crippen molar-refractivity contribution in [1.82, 2.24) is 9.80 Å². The van der Waals surface area contributed by atoms with Gasteiger partial charge in [0, 0.05) is 24.4 Å². The summed E-state index contributed by atoms with van der Waals surface area (Å²) in [6, 6.07) is 17.4. The summed E-state index contributed by atoms with van der Waals surface area (Å²) in [5.41, 5.74) is 4.71. The third-order valence-electron chi connectivity index (χ3n) is 8.00. The zero-order valence-corrected chi connectivity index (χ0v) is 26.1. The molecule has 3 heterocycles. The minimum Gasteiger partial charge on any atom is -0.466 e. The van der Waals surface area contributed by atoms with E-state index < -0.39 is 12.0 Å². The molecular weight excluding hydrogens is 562 g/mol. The second-order valence-corrected chi connectivity index (χ2v) is 12.0. The number of amides is 1. The number of rotatable bonds is 9. The van der Waals surface area contributed by atoms with Crippen LogP contribution in [0.2, 0.25) is 0 Å². The Labute approximate surface area is 257 Å². The molecule has 0 aliphatic carbocycles. The molecule has 1 saturated heterocycles. The first-order valence-corrected chi connectivity index (χ1v) is 15.9. The first-order chi connectivity index (χ1) is 20.8. The van der Waals surface area contributed by atoms with Crippen molar-refractivity contribution in [1.29, 1.82) is 0 Å². The summed E-state index contributed by atoms with van der Waals surface area (Å²) in [6.45, 7) is 9.39. The minimum absolute atomic E-state index is 0.0634. The molecule has 226 valence electrons. The molecule has 3 aliphatic heterocycles. The summed E-state index contributed by atoms with van der Waals surface area (Å²) >= 11 is 1.45. The van der Waals surface area contributed by atoms with Gasteiger partial charge in [-0.3, -0.25) is 9.59 Å². The lowest BCUT2D eigenvalue weighted by Gasteiger charge is -2.38. The van der Waals surface area contributed by atoms with E-state index in [1.807, 2.05) is 40.6 Å². The number of hydrogen-bond donors (Lipinski definition) is 0. The van der Waals surface area contributed by atoms with Gasteiger partial charge < -0.3 is 19.3 Å². The normalized spacial score (nSPS) is 20.0. The maximum atomic E-state index is 13.7. The van der Waals surface area contributed by atoms with E-state index in [0.29, 0.717) is 48.5 Å². The Balaban J connectivity index is 1.52. The van der Waals surface area contributed by atoms with Gasteiger partial charge >= 0.3 is 11.9 Å². The Kier molecular flexibility index (Phi) is 9.70. The standard InChI is InChI=1S/C34H39N3O5S/c1-5-41-32(39)26-13-10-18-36(20-26)28(38)19-27-21-43-34-35-30(24-11-8-7-9-12-24)29(33(40)42-6-2)31(37(27)34)25-16-14-23(15-17-25)22(3)4/h7-9,11-12,14-17,21-22,26,31H,5-6,10,13,18-20H2,1-4H3. The third kappa shape index (κ3) is 6.56. The molecule has 1 fully saturated rings. The summed E-state index contributed by atoms with van der Waals surface area (Å²) in [6.07, 6.45) is 1.59. The van der Waals surface area contributed by atoms with Crippen LogP contribution in [0.3, 0.4) is 0 Å². The Hall–Kier alpha value is -3.85. The number of benzene rings is 2. The highest BCUT2D eigenvalue weighted by molar-refractivity contribution is 8.16. The molecule has 3 aliphatic rings. The van der Waals surface area contributed by atoms with Crippen molar-refractivity contribution in [2.24, 2.45) is 10.9 Å². The summed E-state index contributed by atoms with van der Waals surface area (Å²) in [5.74, 6) is -0.695. The largest absolute Gasteiger partial charge is 0.466 e. The van der Waals surface area contributed by atoms with Crippen LogP contribution in [0.5, 0.6) is 0 Å². The van der Waals surface area contributed by atoms with Gasteiger partial charge in [0.1, 0.15) is 0 Å². The van der Waals surface area contributed by atoms with E-state index in [4.69, 9.17) is 14.5 Å². The molecule has 0 spiro atoms. The van der Waals surface area contributed by atoms with Gasteiger partial charge in [-0.2, -0.15) is 0 Å². The number of hydrogen-bond acceptors (Lipinski definition) is 8. The predicted octanol–water partition coefficient (Wildman–Crippen LogP) is 6.28. The number of carbonyl (C=O) groups is 3. The minimum atomic E-state index is -0.536. The number of nitrogens with zero attached hydrogens (tertiary/aromatic N) is 3. The summed E-state index contributed by atoms with van der Waals surface area (Å²) in [4.78, 5) is 48.6. The molecule has 0 aromatic heterocycles. The first-order valence-electron chi connectivity index (χ1n) is 15.1. The average molecular weight is 602 g/mol. The van der Waals surface area contributed by atoms with E-state index >= 15 is 0 Å². The monoisotopic (exact) mass is 601 g/mol. The molecule has 8 nitrogen and oxygen atoms in total. The van der Waals surface area contributed by atoms with E-state index in [9.17, 15) is 14.4 Å². The summed E-state index contributed by atoms with van der Waals surface area (Å²) in [5, 5.41) is 2.66. The molecule has 0 radical (unpaired) electrons. The number of carbonyl (C=O) groups excluding carboxylic acids is 3. The lowest BCUT2D eigenvalue weighted by atomic mass is 9.90. The summed E-state index contributed by atoms with van der Waals surface area (Å²) in [7, 11) is 0. The molecule has 2 aromatic carbocycles. The van der Waals surface area contributed by atoms with Crippen LogP contribution < -0.4 is 0 Å². The molecule has 43 heavy (non-hydrogen) atoms. The van der Waals surface area contributed by atoms with Gasteiger partial charge in [0.05, 0.1) is 42.9 Å². The van der Waals surface area contributed by atoms with E-state index in [-0.39, 0.29) is 30.8 Å². The highest BCUT2D eigenvalue weighted by atomic mass is 32.2. The van der Waals surface area contributed by atoms with Gasteiger partial charge in [-0.1, -0.05) is 80.2 Å². The number of likely N-dealkylation sites (tertiary alicyclic amines) is 1. The van der Waals surface area contributed by atoms with Gasteiger partial charge in [0.2, 0.25) is 5.91 Å². The maximum Gasteiger partial charge on any atom is 0.338 e. The number of aliphatic imine (C=N–C) groups is 1. The van der Waals surface area contributed by atoms with Crippen LogP contribution in [0.4, 0.5) is 0 Å². The lowest BCUT2D eigenvalue weighted by molar-refractivity contribution is -0.151. The molecule has 1 amide bonds. The van der Waals surface area contributed by atoms with Crippen molar-refractivity contribution < 1.29 is 23.9 Å².